The average molecular weight is 336 g/mol. The summed E-state index contributed by atoms with van der Waals surface area (Å²) in [6.07, 6.45) is 1.90. The molecule has 0 aliphatic heterocycles. The Kier molecular flexibility index (Phi) is 4.88. The molecule has 0 fully saturated rings. The van der Waals surface area contributed by atoms with Crippen LogP contribution in [0.15, 0.2) is 58.9 Å². The summed E-state index contributed by atoms with van der Waals surface area (Å²) in [5.74, 6) is 0.645. The van der Waals surface area contributed by atoms with Crippen molar-refractivity contribution < 1.29 is 9.53 Å². The minimum absolute atomic E-state index is 0.0544. The first-order chi connectivity index (χ1) is 12.1. The maximum Gasteiger partial charge on any atom is 0.311 e. The fraction of sp³-hybridized carbons (Fsp3) is 0.263. The summed E-state index contributed by atoms with van der Waals surface area (Å²) in [7, 11) is 1.36. The Bertz CT molecular complexity index is 911. The summed E-state index contributed by atoms with van der Waals surface area (Å²) < 4.78 is 6.55. The number of methoxy groups -OCH3 is 1. The standard InChI is InChI=1S/C19H20N4O2/c1-13(2)14-7-9-15(10-8-14)21-22-19-16(12-18(24)25-3)20-17-6-4-5-11-23(17)19/h4-11,13H,12H2,1-3H3. The van der Waals surface area contributed by atoms with Crippen molar-refractivity contribution in [2.45, 2.75) is 26.2 Å². The quantitative estimate of drug-likeness (QED) is 0.505. The van der Waals surface area contributed by atoms with E-state index in [1.807, 2.05) is 53.1 Å². The van der Waals surface area contributed by atoms with Crippen molar-refractivity contribution in [1.29, 1.82) is 0 Å². The molecule has 0 N–H and O–H groups in total. The lowest BCUT2D eigenvalue weighted by molar-refractivity contribution is -0.139. The van der Waals surface area contributed by atoms with Crippen molar-refractivity contribution in [3.8, 4) is 0 Å². The van der Waals surface area contributed by atoms with E-state index in [2.05, 4.69) is 29.1 Å². The first-order valence-corrected chi connectivity index (χ1v) is 8.13. The molecule has 2 aromatic heterocycles. The number of esters is 1. The number of imidazole rings is 1. The summed E-state index contributed by atoms with van der Waals surface area (Å²) in [5, 5.41) is 8.65. The highest BCUT2D eigenvalue weighted by Crippen LogP contribution is 2.25. The monoisotopic (exact) mass is 336 g/mol. The summed E-state index contributed by atoms with van der Waals surface area (Å²) in [5.41, 5.74) is 3.26. The predicted octanol–water partition coefficient (Wildman–Crippen LogP) is 4.59. The first-order valence-electron chi connectivity index (χ1n) is 8.13. The number of aromatic nitrogens is 2. The van der Waals surface area contributed by atoms with Crippen LogP contribution in [0.25, 0.3) is 5.65 Å². The highest BCUT2D eigenvalue weighted by Gasteiger charge is 2.15. The third kappa shape index (κ3) is 3.74. The molecule has 3 rings (SSSR count). The number of ether oxygens (including phenoxy) is 1. The van der Waals surface area contributed by atoms with Crippen molar-refractivity contribution >= 4 is 23.1 Å². The highest BCUT2D eigenvalue weighted by molar-refractivity contribution is 5.74. The van der Waals surface area contributed by atoms with E-state index in [0.29, 0.717) is 23.1 Å². The van der Waals surface area contributed by atoms with Gasteiger partial charge in [0.1, 0.15) is 5.65 Å². The minimum Gasteiger partial charge on any atom is -0.469 e. The SMILES string of the molecule is COC(=O)Cc1nc2ccccn2c1N=Nc1ccc(C(C)C)cc1. The number of pyridine rings is 1. The van der Waals surface area contributed by atoms with E-state index in [0.717, 1.165) is 5.69 Å². The number of rotatable bonds is 5. The molecule has 2 heterocycles. The zero-order valence-electron chi connectivity index (χ0n) is 14.5. The summed E-state index contributed by atoms with van der Waals surface area (Å²) in [4.78, 5) is 16.1. The van der Waals surface area contributed by atoms with E-state index in [9.17, 15) is 4.79 Å². The summed E-state index contributed by atoms with van der Waals surface area (Å²) >= 11 is 0. The number of carbonyl (C=O) groups excluding carboxylic acids is 1. The second kappa shape index (κ2) is 7.25. The minimum atomic E-state index is -0.360. The summed E-state index contributed by atoms with van der Waals surface area (Å²) in [6, 6.07) is 13.6. The Labute approximate surface area is 146 Å². The van der Waals surface area contributed by atoms with Gasteiger partial charge < -0.3 is 4.74 Å². The van der Waals surface area contributed by atoms with E-state index in [1.54, 1.807) is 0 Å². The fourth-order valence-corrected chi connectivity index (χ4v) is 2.50. The number of carbonyl (C=O) groups is 1. The Hall–Kier alpha value is -3.02. The van der Waals surface area contributed by atoms with E-state index in [1.165, 1.54) is 12.7 Å². The van der Waals surface area contributed by atoms with Crippen molar-refractivity contribution in [3.63, 3.8) is 0 Å². The van der Waals surface area contributed by atoms with Crippen molar-refractivity contribution in [2.75, 3.05) is 7.11 Å². The lowest BCUT2D eigenvalue weighted by Crippen LogP contribution is -2.04. The fourth-order valence-electron chi connectivity index (χ4n) is 2.50. The zero-order valence-corrected chi connectivity index (χ0v) is 14.5. The molecule has 0 bridgehead atoms. The second-order valence-electron chi connectivity index (χ2n) is 6.01. The number of hydrogen-bond acceptors (Lipinski definition) is 5. The molecule has 3 aromatic rings. The Morgan fingerprint density at radius 3 is 2.60 bits per heavy atom. The van der Waals surface area contributed by atoms with Gasteiger partial charge in [-0.25, -0.2) is 4.98 Å². The third-order valence-corrected chi connectivity index (χ3v) is 3.93. The molecule has 0 radical (unpaired) electrons. The number of nitrogens with zero attached hydrogens (tertiary/aromatic N) is 4. The van der Waals surface area contributed by atoms with E-state index >= 15 is 0 Å². The van der Waals surface area contributed by atoms with Gasteiger partial charge >= 0.3 is 5.97 Å². The van der Waals surface area contributed by atoms with Crippen LogP contribution in [-0.2, 0) is 16.0 Å². The van der Waals surface area contributed by atoms with Crippen LogP contribution in [-0.4, -0.2) is 22.5 Å². The number of fused-ring (bicyclic) bond motifs is 1. The Balaban J connectivity index is 1.96. The summed E-state index contributed by atoms with van der Waals surface area (Å²) in [6.45, 7) is 4.29. The van der Waals surface area contributed by atoms with Gasteiger partial charge in [0.25, 0.3) is 0 Å². The molecular weight excluding hydrogens is 316 g/mol. The van der Waals surface area contributed by atoms with E-state index in [4.69, 9.17) is 4.74 Å². The normalized spacial score (nSPS) is 11.5. The average Bonchev–Trinajstić information content (AvgIpc) is 2.97. The van der Waals surface area contributed by atoms with Crippen LogP contribution in [0, 0.1) is 0 Å². The van der Waals surface area contributed by atoms with Gasteiger partial charge in [-0.2, -0.15) is 0 Å². The maximum absolute atomic E-state index is 11.6. The largest absolute Gasteiger partial charge is 0.469 e. The van der Waals surface area contributed by atoms with Gasteiger partial charge in [0.05, 0.1) is 24.9 Å². The molecule has 0 saturated heterocycles. The van der Waals surface area contributed by atoms with Crippen LogP contribution in [0.1, 0.15) is 31.0 Å². The molecule has 0 saturated carbocycles. The van der Waals surface area contributed by atoms with E-state index < -0.39 is 0 Å². The van der Waals surface area contributed by atoms with Crippen LogP contribution in [0.5, 0.6) is 0 Å². The van der Waals surface area contributed by atoms with Gasteiger partial charge in [-0.05, 0) is 35.7 Å². The second-order valence-corrected chi connectivity index (χ2v) is 6.01. The topological polar surface area (TPSA) is 68.3 Å². The van der Waals surface area contributed by atoms with Crippen LogP contribution >= 0.6 is 0 Å². The third-order valence-electron chi connectivity index (χ3n) is 3.93. The van der Waals surface area contributed by atoms with Crippen molar-refractivity contribution in [3.05, 3.63) is 59.9 Å². The first kappa shape index (κ1) is 16.8. The maximum atomic E-state index is 11.6. The van der Waals surface area contributed by atoms with E-state index in [-0.39, 0.29) is 12.4 Å². The van der Waals surface area contributed by atoms with Gasteiger partial charge in [0.2, 0.25) is 0 Å². The van der Waals surface area contributed by atoms with Gasteiger partial charge in [0.15, 0.2) is 5.82 Å². The Morgan fingerprint density at radius 2 is 1.92 bits per heavy atom. The van der Waals surface area contributed by atoms with Crippen LogP contribution in [0.4, 0.5) is 11.5 Å². The zero-order chi connectivity index (χ0) is 17.8. The van der Waals surface area contributed by atoms with Gasteiger partial charge in [-0.3, -0.25) is 9.20 Å². The van der Waals surface area contributed by atoms with Gasteiger partial charge in [-0.1, -0.05) is 32.0 Å². The van der Waals surface area contributed by atoms with Gasteiger partial charge in [0, 0.05) is 6.20 Å². The smallest absolute Gasteiger partial charge is 0.311 e. The number of azo groups is 1. The van der Waals surface area contributed by atoms with Crippen molar-refractivity contribution in [2.24, 2.45) is 10.2 Å². The predicted molar refractivity (Wildman–Crippen MR) is 95.6 cm³/mol. The molecule has 0 spiro atoms. The van der Waals surface area contributed by atoms with Crippen LogP contribution in [0.3, 0.4) is 0 Å². The molecule has 0 amide bonds. The van der Waals surface area contributed by atoms with Crippen LogP contribution in [0.2, 0.25) is 0 Å². The molecule has 1 aromatic carbocycles. The van der Waals surface area contributed by atoms with Gasteiger partial charge in [-0.15, -0.1) is 10.2 Å². The number of benzene rings is 1. The number of hydrogen-bond donors (Lipinski definition) is 0. The molecule has 0 aliphatic rings. The molecule has 0 unspecified atom stereocenters. The lowest BCUT2D eigenvalue weighted by atomic mass is 10.0. The molecular formula is C19H20N4O2. The molecule has 128 valence electrons. The molecule has 25 heavy (non-hydrogen) atoms. The molecule has 6 heteroatoms. The highest BCUT2D eigenvalue weighted by atomic mass is 16.5. The van der Waals surface area contributed by atoms with Crippen LogP contribution < -0.4 is 0 Å². The van der Waals surface area contributed by atoms with Crippen molar-refractivity contribution in [1.82, 2.24) is 9.38 Å². The lowest BCUT2D eigenvalue weighted by Gasteiger charge is -2.04. The molecule has 0 atom stereocenters. The Morgan fingerprint density at radius 1 is 1.16 bits per heavy atom. The molecule has 0 aliphatic carbocycles. The molecule has 6 nitrogen and oxygen atoms in total.